The minimum absolute atomic E-state index is 0. The summed E-state index contributed by atoms with van der Waals surface area (Å²) >= 11 is 13.0. The van der Waals surface area contributed by atoms with Crippen LogP contribution in [0.2, 0.25) is 10.0 Å². The monoisotopic (exact) mass is 1210 g/mol. The Kier molecular flexibility index (Phi) is 20.4. The highest BCUT2D eigenvalue weighted by atomic mass is 35.5. The first kappa shape index (κ1) is 62.8. The number of rotatable bonds is 14. The van der Waals surface area contributed by atoms with Gasteiger partial charge >= 0.3 is 18.3 Å². The van der Waals surface area contributed by atoms with Crippen molar-refractivity contribution in [2.75, 3.05) is 36.8 Å². The Morgan fingerprint density at radius 1 is 0.609 bits per heavy atom. The Balaban J connectivity index is 0.000000211. The van der Waals surface area contributed by atoms with Gasteiger partial charge in [-0.15, -0.1) is 0 Å². The van der Waals surface area contributed by atoms with E-state index in [2.05, 4.69) is 35.9 Å². The van der Waals surface area contributed by atoms with E-state index in [1.54, 1.807) is 22.2 Å². The third-order valence-electron chi connectivity index (χ3n) is 14.6. The van der Waals surface area contributed by atoms with Gasteiger partial charge in [-0.05, 0) is 127 Å². The van der Waals surface area contributed by atoms with E-state index in [4.69, 9.17) is 47.4 Å². The molecule has 0 spiro atoms. The molecule has 2 fully saturated rings. The zero-order valence-corrected chi connectivity index (χ0v) is 50.7. The number of amides is 3. The van der Waals surface area contributed by atoms with Gasteiger partial charge in [0.15, 0.2) is 0 Å². The molecule has 0 bridgehead atoms. The number of ether oxygens (including phenoxy) is 3. The fraction of sp³-hybridized carbons (Fsp3) is 0.328. The van der Waals surface area contributed by atoms with Crippen molar-refractivity contribution in [3.05, 3.63) is 179 Å². The van der Waals surface area contributed by atoms with E-state index in [1.165, 1.54) is 0 Å². The summed E-state index contributed by atoms with van der Waals surface area (Å²) in [7, 11) is 0. The van der Waals surface area contributed by atoms with Gasteiger partial charge in [0, 0.05) is 95.5 Å². The van der Waals surface area contributed by atoms with E-state index in [-0.39, 0.29) is 38.3 Å². The molecule has 6 heterocycles. The van der Waals surface area contributed by atoms with Crippen LogP contribution in [0.4, 0.5) is 37.7 Å². The lowest BCUT2D eigenvalue weighted by atomic mass is 10.0. The summed E-state index contributed by atoms with van der Waals surface area (Å²) < 4.78 is 17.1. The topological polar surface area (TPSA) is 208 Å². The van der Waals surface area contributed by atoms with Crippen LogP contribution in [-0.2, 0) is 33.9 Å². The maximum absolute atomic E-state index is 13.5. The molecule has 18 nitrogen and oxygen atoms in total. The van der Waals surface area contributed by atoms with Crippen molar-refractivity contribution in [1.82, 2.24) is 49.9 Å². The molecule has 2 saturated heterocycles. The summed E-state index contributed by atoms with van der Waals surface area (Å²) in [6, 6.07) is 41.1. The molecular formula is C67H76Cl2N12O6. The van der Waals surface area contributed by atoms with Crippen LogP contribution in [0.1, 0.15) is 91.3 Å². The molecule has 9 aromatic rings. The fourth-order valence-electron chi connectivity index (χ4n) is 10.4. The number of piperidine rings is 2. The number of para-hydroxylation sites is 2. The van der Waals surface area contributed by atoms with Gasteiger partial charge in [0.25, 0.3) is 0 Å². The summed E-state index contributed by atoms with van der Waals surface area (Å²) in [5, 5.41) is 12.9. The second kappa shape index (κ2) is 28.2. The Morgan fingerprint density at radius 2 is 1.08 bits per heavy atom. The molecule has 20 heteroatoms. The van der Waals surface area contributed by atoms with Crippen molar-refractivity contribution in [3.63, 3.8) is 0 Å². The van der Waals surface area contributed by atoms with Crippen molar-refractivity contribution < 1.29 is 28.6 Å². The number of hydrogen-bond donors (Lipinski definition) is 5. The number of nitrogens with one attached hydrogen (secondary N) is 5. The maximum atomic E-state index is 13.5. The predicted molar refractivity (Wildman–Crippen MR) is 346 cm³/mol. The second-order valence-corrected chi connectivity index (χ2v) is 24.2. The number of carbonyl (C=O) groups is 3. The number of H-pyrrole nitrogens is 2. The zero-order chi connectivity index (χ0) is 60.4. The largest absolute Gasteiger partial charge is 0.445 e. The molecule has 5 N–H and O–H groups in total. The minimum atomic E-state index is -0.670. The van der Waals surface area contributed by atoms with Crippen molar-refractivity contribution in [2.45, 2.75) is 118 Å². The van der Waals surface area contributed by atoms with Gasteiger partial charge in [-0.2, -0.15) is 0 Å². The summed E-state index contributed by atoms with van der Waals surface area (Å²) in [4.78, 5) is 69.5. The van der Waals surface area contributed by atoms with Crippen LogP contribution in [0.5, 0.6) is 0 Å². The Morgan fingerprint density at radius 3 is 1.56 bits per heavy atom. The van der Waals surface area contributed by atoms with Crippen LogP contribution in [0.3, 0.4) is 0 Å². The summed E-state index contributed by atoms with van der Waals surface area (Å²) in [5.41, 5.74) is 8.36. The summed E-state index contributed by atoms with van der Waals surface area (Å²) in [6.07, 6.45) is 9.39. The van der Waals surface area contributed by atoms with Gasteiger partial charge in [-0.1, -0.05) is 122 Å². The third-order valence-corrected chi connectivity index (χ3v) is 15.1. The van der Waals surface area contributed by atoms with Crippen molar-refractivity contribution in [3.8, 4) is 22.5 Å². The number of carbonyl (C=O) groups excluding carboxylic acids is 3. The SMILES string of the molecule is C.CC(C)(C)OC(=O)N(Cc1ccc(Nc2ncc(Cl)c(-c3c[nH]c4ccccc34)n2)cc1)[C@@H]1CCCN(C(=O)OCc2ccccc2)C1.CC(C)(C)OC(=O)N(Cc1ccc(Nc2ncc(Cl)c(-c3c[nH]c4ccccc34)n2)cc1)[C@@H]1CCCNC1. The lowest BCUT2D eigenvalue weighted by Crippen LogP contribution is -2.52. The number of likely N-dealkylation sites (tertiary alicyclic amines) is 1. The number of nitrogens with zero attached hydrogens (tertiary/aromatic N) is 7. The van der Waals surface area contributed by atoms with Crippen LogP contribution in [-0.4, -0.2) is 112 Å². The molecular weight excluding hydrogens is 1140 g/mol. The predicted octanol–water partition coefficient (Wildman–Crippen LogP) is 15.7. The van der Waals surface area contributed by atoms with E-state index in [0.717, 1.165) is 99.8 Å². The van der Waals surface area contributed by atoms with Crippen LogP contribution in [0.15, 0.2) is 152 Å². The quantitative estimate of drug-likeness (QED) is 0.0643. The van der Waals surface area contributed by atoms with Crippen LogP contribution < -0.4 is 16.0 Å². The molecule has 5 aromatic carbocycles. The lowest BCUT2D eigenvalue weighted by Gasteiger charge is -2.39. The fourth-order valence-corrected chi connectivity index (χ4v) is 10.8. The van der Waals surface area contributed by atoms with Crippen molar-refractivity contribution >= 4 is 86.6 Å². The van der Waals surface area contributed by atoms with Gasteiger partial charge in [0.05, 0.1) is 39.9 Å². The molecule has 2 aliphatic rings. The summed E-state index contributed by atoms with van der Waals surface area (Å²) in [6.45, 7) is 14.9. The second-order valence-electron chi connectivity index (χ2n) is 23.4. The number of aromatic amines is 2. The van der Waals surface area contributed by atoms with Gasteiger partial charge in [-0.3, -0.25) is 9.80 Å². The minimum Gasteiger partial charge on any atom is -0.445 e. The number of hydrogen-bond acceptors (Lipinski definition) is 13. The van der Waals surface area contributed by atoms with E-state index in [1.807, 2.05) is 186 Å². The molecule has 454 valence electrons. The highest BCUT2D eigenvalue weighted by Gasteiger charge is 2.34. The van der Waals surface area contributed by atoms with Crippen molar-refractivity contribution in [2.24, 2.45) is 0 Å². The normalized spacial score (nSPS) is 15.1. The standard InChI is InChI=1S/C37H39ClN6O4.C29H33ClN6O2.CH4/c1-37(2,3)48-36(46)44(28-12-9-19-43(23-28)35(45)47-24-26-10-5-4-6-11-26)22-25-15-17-27(18-16-25)41-34-40-21-31(38)33(42-34)30-20-39-32-14-8-7-13-29(30)32;1-29(2,3)38-28(37)36(21-7-6-14-31-15-21)18-19-10-12-20(13-11-19)34-27-33-17-24(30)26(35-27)23-16-32-25-9-5-4-8-22(23)25;/h4-8,10-11,13-18,20-21,28,39H,9,12,19,22-24H2,1-3H3,(H,40,41,42);4-5,8-13,16-17,21,31-32H,6-7,14-15,18H2,1-3H3,(H,33,34,35);1H4/t28-;21-;/m11./s1. The molecule has 4 aromatic heterocycles. The Hall–Kier alpha value is -8.71. The Labute approximate surface area is 518 Å². The molecule has 11 rings (SSSR count). The number of fused-ring (bicyclic) bond motifs is 2. The van der Waals surface area contributed by atoms with E-state index < -0.39 is 17.3 Å². The van der Waals surface area contributed by atoms with Crippen LogP contribution in [0, 0.1) is 0 Å². The van der Waals surface area contributed by atoms with Gasteiger partial charge in [0.2, 0.25) is 11.9 Å². The zero-order valence-electron chi connectivity index (χ0n) is 49.2. The number of halogens is 2. The van der Waals surface area contributed by atoms with E-state index in [0.29, 0.717) is 59.5 Å². The highest BCUT2D eigenvalue weighted by molar-refractivity contribution is 6.33. The molecule has 0 unspecified atom stereocenters. The molecule has 0 radical (unpaired) electrons. The number of anilines is 4. The average Bonchev–Trinajstić information content (AvgIpc) is 3.85. The molecule has 0 saturated carbocycles. The Bertz CT molecular complexity index is 3770. The molecule has 87 heavy (non-hydrogen) atoms. The first-order valence-electron chi connectivity index (χ1n) is 29.0. The maximum Gasteiger partial charge on any atom is 0.410 e. The van der Waals surface area contributed by atoms with Crippen LogP contribution >= 0.6 is 23.2 Å². The number of aromatic nitrogens is 6. The van der Waals surface area contributed by atoms with Gasteiger partial charge < -0.3 is 45.0 Å². The van der Waals surface area contributed by atoms with E-state index >= 15 is 0 Å². The smallest absolute Gasteiger partial charge is 0.410 e. The highest BCUT2D eigenvalue weighted by Crippen LogP contribution is 2.35. The molecule has 3 amide bonds. The molecule has 2 atom stereocenters. The average molecular weight is 1220 g/mol. The van der Waals surface area contributed by atoms with Gasteiger partial charge in [-0.25, -0.2) is 34.3 Å². The van der Waals surface area contributed by atoms with Crippen molar-refractivity contribution in [1.29, 1.82) is 0 Å². The molecule has 0 aliphatic carbocycles. The molecule has 2 aliphatic heterocycles. The lowest BCUT2D eigenvalue weighted by molar-refractivity contribution is 0.00240. The first-order valence-corrected chi connectivity index (χ1v) is 29.7. The first-order chi connectivity index (χ1) is 41.4. The third kappa shape index (κ3) is 16.6. The summed E-state index contributed by atoms with van der Waals surface area (Å²) in [5.74, 6) is 0.857. The van der Waals surface area contributed by atoms with Gasteiger partial charge in [0.1, 0.15) is 17.8 Å². The van der Waals surface area contributed by atoms with E-state index in [9.17, 15) is 14.4 Å². The number of benzene rings is 5. The van der Waals surface area contributed by atoms with Crippen LogP contribution in [0.25, 0.3) is 44.3 Å².